The summed E-state index contributed by atoms with van der Waals surface area (Å²) in [4.78, 5) is 12.8. The summed E-state index contributed by atoms with van der Waals surface area (Å²) in [7, 11) is -7.54. The number of phenols is 1. The molecule has 12 nitrogen and oxygen atoms in total. The van der Waals surface area contributed by atoms with Crippen LogP contribution in [0.1, 0.15) is 24.5 Å². The van der Waals surface area contributed by atoms with Gasteiger partial charge in [0.2, 0.25) is 20.0 Å². The second kappa shape index (κ2) is 11.3. The number of aromatic hydroxyl groups is 1. The number of anilines is 3. The zero-order valence-corrected chi connectivity index (χ0v) is 21.2. The van der Waals surface area contributed by atoms with Crippen LogP contribution in [0.5, 0.6) is 5.75 Å². The Morgan fingerprint density at radius 3 is 2.28 bits per heavy atom. The first-order chi connectivity index (χ1) is 16.8. The molecule has 1 fully saturated rings. The number of hydrogen-bond donors (Lipinski definition) is 6. The Balaban J connectivity index is 1.49. The normalized spacial score (nSPS) is 15.9. The molecule has 2 aromatic carbocycles. The molecule has 1 saturated heterocycles. The van der Waals surface area contributed by atoms with Crippen LogP contribution in [0.4, 0.5) is 17.1 Å². The Morgan fingerprint density at radius 2 is 1.69 bits per heavy atom. The lowest BCUT2D eigenvalue weighted by atomic mass is 10.0. The van der Waals surface area contributed by atoms with Crippen LogP contribution in [0, 0.1) is 0 Å². The Hall–Kier alpha value is -3.07. The lowest BCUT2D eigenvalue weighted by Gasteiger charge is -2.34. The third-order valence-electron chi connectivity index (χ3n) is 5.61. The lowest BCUT2D eigenvalue weighted by molar-refractivity contribution is -0.134. The summed E-state index contributed by atoms with van der Waals surface area (Å²) in [5.41, 5.74) is 1.66. The van der Waals surface area contributed by atoms with Crippen molar-refractivity contribution >= 4 is 43.1 Å². The molecule has 0 spiro atoms. The topological polar surface area (TPSA) is 185 Å². The van der Waals surface area contributed by atoms with Gasteiger partial charge in [0.05, 0.1) is 18.0 Å². The Kier molecular flexibility index (Phi) is 8.66. The van der Waals surface area contributed by atoms with Gasteiger partial charge in [-0.25, -0.2) is 16.8 Å². The van der Waals surface area contributed by atoms with Gasteiger partial charge < -0.3 is 25.5 Å². The summed E-state index contributed by atoms with van der Waals surface area (Å²) in [6, 6.07) is 11.1. The van der Waals surface area contributed by atoms with E-state index >= 15 is 0 Å². The minimum Gasteiger partial charge on any atom is -0.506 e. The van der Waals surface area contributed by atoms with Crippen LogP contribution in [0.3, 0.4) is 0 Å². The molecule has 36 heavy (non-hydrogen) atoms. The van der Waals surface area contributed by atoms with Crippen molar-refractivity contribution < 1.29 is 36.9 Å². The standard InChI is InChI=1S/C22H30N4O8S2/c1-35(31,32)25-19-12-15(2-7-20(19)27)21(28)13-23-16-8-10-26(11-9-16)18-5-3-17(4-6-18)24-36(33,34)14-22(29)30/h2-7,12,16,21,23-25,27-28H,8-11,13-14H2,1H3,(H,29,30)/t21-/m1/s1. The largest absolute Gasteiger partial charge is 0.506 e. The quantitative estimate of drug-likeness (QED) is 0.223. The van der Waals surface area contributed by atoms with E-state index in [1.807, 2.05) is 0 Å². The number of aliphatic carboxylic acids is 1. The third kappa shape index (κ3) is 8.26. The average Bonchev–Trinajstić information content (AvgIpc) is 2.78. The van der Waals surface area contributed by atoms with Crippen LogP contribution < -0.4 is 19.7 Å². The first kappa shape index (κ1) is 27.5. The molecule has 0 saturated carbocycles. The zero-order chi connectivity index (χ0) is 26.5. The minimum absolute atomic E-state index is 0.00283. The van der Waals surface area contributed by atoms with Crippen LogP contribution in [-0.2, 0) is 24.8 Å². The molecule has 198 valence electrons. The highest BCUT2D eigenvalue weighted by Gasteiger charge is 2.21. The van der Waals surface area contributed by atoms with Gasteiger partial charge in [-0.15, -0.1) is 0 Å². The first-order valence-electron chi connectivity index (χ1n) is 11.1. The number of sulfonamides is 2. The van der Waals surface area contributed by atoms with Crippen LogP contribution in [0.2, 0.25) is 0 Å². The molecular formula is C22H30N4O8S2. The van der Waals surface area contributed by atoms with E-state index in [-0.39, 0.29) is 29.7 Å². The number of carboxylic acid groups (broad SMARTS) is 1. The van der Waals surface area contributed by atoms with Gasteiger partial charge in [-0.2, -0.15) is 0 Å². The van der Waals surface area contributed by atoms with Crippen LogP contribution in [0.15, 0.2) is 42.5 Å². The number of nitrogens with zero attached hydrogens (tertiary/aromatic N) is 1. The number of aliphatic hydroxyl groups is 1. The Labute approximate surface area is 210 Å². The molecule has 3 rings (SSSR count). The molecule has 6 N–H and O–H groups in total. The highest BCUT2D eigenvalue weighted by molar-refractivity contribution is 7.93. The van der Waals surface area contributed by atoms with Gasteiger partial charge in [-0.1, -0.05) is 6.07 Å². The number of phenolic OH excluding ortho intramolecular Hbond substituents is 1. The second-order valence-electron chi connectivity index (χ2n) is 8.64. The van der Waals surface area contributed by atoms with Crippen molar-refractivity contribution in [2.24, 2.45) is 0 Å². The molecule has 1 aliphatic heterocycles. The highest BCUT2D eigenvalue weighted by Crippen LogP contribution is 2.28. The van der Waals surface area contributed by atoms with Gasteiger partial charge in [0.15, 0.2) is 5.75 Å². The maximum Gasteiger partial charge on any atom is 0.320 e. The van der Waals surface area contributed by atoms with Gasteiger partial charge in [-0.05, 0) is 54.8 Å². The van der Waals surface area contributed by atoms with Gasteiger partial charge in [0.1, 0.15) is 5.75 Å². The van der Waals surface area contributed by atoms with Crippen molar-refractivity contribution in [2.45, 2.75) is 25.0 Å². The van der Waals surface area contributed by atoms with Crippen molar-refractivity contribution in [3.8, 4) is 5.75 Å². The fourth-order valence-corrected chi connectivity index (χ4v) is 5.35. The highest BCUT2D eigenvalue weighted by atomic mass is 32.2. The zero-order valence-electron chi connectivity index (χ0n) is 19.6. The van der Waals surface area contributed by atoms with Crippen molar-refractivity contribution in [1.29, 1.82) is 0 Å². The predicted octanol–water partition coefficient (Wildman–Crippen LogP) is 0.882. The number of nitrogens with one attached hydrogen (secondary N) is 3. The minimum atomic E-state index is -3.96. The number of rotatable bonds is 11. The van der Waals surface area contributed by atoms with Crippen molar-refractivity contribution in [3.05, 3.63) is 48.0 Å². The van der Waals surface area contributed by atoms with Gasteiger partial charge >= 0.3 is 5.97 Å². The van der Waals surface area contributed by atoms with E-state index in [4.69, 9.17) is 5.11 Å². The van der Waals surface area contributed by atoms with Crippen LogP contribution in [0.25, 0.3) is 0 Å². The van der Waals surface area contributed by atoms with Gasteiger partial charge in [0.25, 0.3) is 0 Å². The predicted molar refractivity (Wildman–Crippen MR) is 136 cm³/mol. The van der Waals surface area contributed by atoms with Gasteiger partial charge in [0, 0.05) is 37.1 Å². The van der Waals surface area contributed by atoms with E-state index in [1.165, 1.54) is 18.2 Å². The molecule has 0 bridgehead atoms. The Bertz CT molecular complexity index is 1280. The molecule has 1 aliphatic rings. The molecule has 0 aliphatic carbocycles. The van der Waals surface area contributed by atoms with E-state index in [2.05, 4.69) is 19.7 Å². The third-order valence-corrected chi connectivity index (χ3v) is 7.38. The lowest BCUT2D eigenvalue weighted by Crippen LogP contribution is -2.43. The molecule has 14 heteroatoms. The SMILES string of the molecule is CS(=O)(=O)Nc1cc([C@H](O)CNC2CCN(c3ccc(NS(=O)(=O)CC(=O)O)cc3)CC2)ccc1O. The van der Waals surface area contributed by atoms with Crippen molar-refractivity contribution in [1.82, 2.24) is 5.32 Å². The van der Waals surface area contributed by atoms with E-state index in [0.717, 1.165) is 37.9 Å². The Morgan fingerprint density at radius 1 is 1.06 bits per heavy atom. The summed E-state index contributed by atoms with van der Waals surface area (Å²) in [6.45, 7) is 1.72. The molecule has 0 unspecified atom stereocenters. The summed E-state index contributed by atoms with van der Waals surface area (Å²) < 4.78 is 50.9. The van der Waals surface area contributed by atoms with E-state index in [9.17, 15) is 31.8 Å². The van der Waals surface area contributed by atoms with E-state index < -0.39 is 37.9 Å². The van der Waals surface area contributed by atoms with Crippen molar-refractivity contribution in [2.75, 3.05) is 46.0 Å². The van der Waals surface area contributed by atoms with Crippen molar-refractivity contribution in [3.63, 3.8) is 0 Å². The average molecular weight is 543 g/mol. The molecule has 1 atom stereocenters. The fraction of sp³-hybridized carbons (Fsp3) is 0.409. The second-order valence-corrected chi connectivity index (χ2v) is 12.1. The maximum absolute atomic E-state index is 11.8. The number of carboxylic acids is 1. The van der Waals surface area contributed by atoms with E-state index in [0.29, 0.717) is 5.56 Å². The summed E-state index contributed by atoms with van der Waals surface area (Å²) >= 11 is 0. The molecule has 0 aromatic heterocycles. The number of benzene rings is 2. The smallest absolute Gasteiger partial charge is 0.320 e. The molecule has 1 heterocycles. The fourth-order valence-electron chi connectivity index (χ4n) is 3.90. The first-order valence-corrected chi connectivity index (χ1v) is 14.6. The van der Waals surface area contributed by atoms with Gasteiger partial charge in [-0.3, -0.25) is 14.2 Å². The molecule has 0 radical (unpaired) electrons. The summed E-state index contributed by atoms with van der Waals surface area (Å²) in [6.07, 6.45) is 1.68. The molecule has 0 amide bonds. The van der Waals surface area contributed by atoms with Crippen LogP contribution in [-0.4, -0.2) is 75.8 Å². The number of hydrogen-bond acceptors (Lipinski definition) is 9. The number of piperidine rings is 1. The number of aliphatic hydroxyl groups excluding tert-OH is 1. The summed E-state index contributed by atoms with van der Waals surface area (Å²) in [5.74, 6) is -2.67. The molecule has 2 aromatic rings. The monoisotopic (exact) mass is 542 g/mol. The van der Waals surface area contributed by atoms with Crippen LogP contribution >= 0.6 is 0 Å². The maximum atomic E-state index is 11.8. The molecular weight excluding hydrogens is 512 g/mol. The van der Waals surface area contributed by atoms with E-state index in [1.54, 1.807) is 24.3 Å². The number of carbonyl (C=O) groups is 1. The summed E-state index contributed by atoms with van der Waals surface area (Å²) in [5, 5.41) is 32.4.